The van der Waals surface area contributed by atoms with Gasteiger partial charge in [-0.1, -0.05) is 42.0 Å². The van der Waals surface area contributed by atoms with Crippen LogP contribution in [0.1, 0.15) is 22.4 Å². The maximum atomic E-state index is 2.57. The molecule has 1 aromatic heterocycles. The zero-order valence-corrected chi connectivity index (χ0v) is 15.3. The molecule has 0 unspecified atom stereocenters. The molecule has 1 aliphatic heterocycles. The van der Waals surface area contributed by atoms with Gasteiger partial charge < -0.3 is 9.47 Å². The zero-order valence-electron chi connectivity index (χ0n) is 14.5. The third-order valence-corrected chi connectivity index (χ3v) is 5.07. The first-order valence-electron chi connectivity index (χ1n) is 8.55. The van der Waals surface area contributed by atoms with Crippen LogP contribution in [0.25, 0.3) is 10.9 Å². The van der Waals surface area contributed by atoms with Crippen LogP contribution in [0.15, 0.2) is 48.5 Å². The molecule has 0 aliphatic carbocycles. The number of aromatic nitrogens is 1. The van der Waals surface area contributed by atoms with Crippen LogP contribution in [-0.4, -0.2) is 23.1 Å². The maximum Gasteiger partial charge on any atom is 0.0486 e. The minimum atomic E-state index is 0. The lowest BCUT2D eigenvalue weighted by molar-refractivity contribution is 0.309. The number of halogens is 1. The van der Waals surface area contributed by atoms with Crippen molar-refractivity contribution in [1.29, 1.82) is 0 Å². The molecular weight excluding hydrogens is 316 g/mol. The molecule has 3 aromatic rings. The van der Waals surface area contributed by atoms with Crippen LogP contribution >= 0.6 is 12.4 Å². The average Bonchev–Trinajstić information content (AvgIpc) is 2.86. The summed E-state index contributed by atoms with van der Waals surface area (Å²) >= 11 is 0. The minimum absolute atomic E-state index is 0. The van der Waals surface area contributed by atoms with E-state index in [1.165, 1.54) is 22.0 Å². The molecule has 0 radical (unpaired) electrons. The highest BCUT2D eigenvalue weighted by atomic mass is 35.5. The van der Waals surface area contributed by atoms with E-state index in [1.807, 2.05) is 0 Å². The first-order valence-corrected chi connectivity index (χ1v) is 8.55. The van der Waals surface area contributed by atoms with Gasteiger partial charge in [-0.05, 0) is 43.7 Å². The number of hydrogen-bond donors (Lipinski definition) is 0. The quantitative estimate of drug-likeness (QED) is 0.676. The van der Waals surface area contributed by atoms with Gasteiger partial charge in [0.1, 0.15) is 0 Å². The summed E-state index contributed by atoms with van der Waals surface area (Å²) in [6, 6.07) is 17.8. The number of rotatable bonds is 3. The second-order valence-corrected chi connectivity index (χ2v) is 6.82. The lowest BCUT2D eigenvalue weighted by atomic mass is 10.0. The summed E-state index contributed by atoms with van der Waals surface area (Å²) < 4.78 is 2.57. The molecular formula is C21H25ClN2. The summed E-state index contributed by atoms with van der Waals surface area (Å²) in [5, 5.41) is 1.46. The van der Waals surface area contributed by atoms with Gasteiger partial charge in [-0.2, -0.15) is 0 Å². The molecule has 126 valence electrons. The second kappa shape index (κ2) is 7.00. The number of likely N-dealkylation sites (N-methyl/N-ethyl adjacent to an activating group) is 1. The van der Waals surface area contributed by atoms with Gasteiger partial charge in [0.25, 0.3) is 0 Å². The number of benzene rings is 2. The molecule has 0 amide bonds. The Morgan fingerprint density at radius 2 is 1.83 bits per heavy atom. The fourth-order valence-electron chi connectivity index (χ4n) is 3.84. The van der Waals surface area contributed by atoms with Gasteiger partial charge in [-0.15, -0.1) is 12.4 Å². The van der Waals surface area contributed by atoms with Crippen molar-refractivity contribution >= 4 is 23.3 Å². The molecule has 0 saturated heterocycles. The second-order valence-electron chi connectivity index (χ2n) is 6.82. The van der Waals surface area contributed by atoms with E-state index in [-0.39, 0.29) is 12.4 Å². The van der Waals surface area contributed by atoms with E-state index in [0.29, 0.717) is 0 Å². The van der Waals surface area contributed by atoms with Gasteiger partial charge in [0.15, 0.2) is 0 Å². The topological polar surface area (TPSA) is 8.17 Å². The number of fused-ring (bicyclic) bond motifs is 3. The molecule has 0 fully saturated rings. The van der Waals surface area contributed by atoms with E-state index in [2.05, 4.69) is 72.0 Å². The summed E-state index contributed by atoms with van der Waals surface area (Å²) in [5.41, 5.74) is 7.29. The molecule has 0 atom stereocenters. The molecule has 0 spiro atoms. The van der Waals surface area contributed by atoms with Gasteiger partial charge >= 0.3 is 0 Å². The van der Waals surface area contributed by atoms with E-state index in [1.54, 1.807) is 11.3 Å². The SMILES string of the molecule is Cc1ccc2c(c1)c1c(n2CCc2ccccc2)CCN(C)C1.Cl. The highest BCUT2D eigenvalue weighted by Crippen LogP contribution is 2.31. The highest BCUT2D eigenvalue weighted by molar-refractivity contribution is 5.86. The monoisotopic (exact) mass is 340 g/mol. The Kier molecular flexibility index (Phi) is 4.98. The van der Waals surface area contributed by atoms with Crippen LogP contribution in [0, 0.1) is 6.92 Å². The number of aryl methyl sites for hydroxylation is 3. The van der Waals surface area contributed by atoms with Crippen LogP contribution in [0.3, 0.4) is 0 Å². The molecule has 2 nitrogen and oxygen atoms in total. The van der Waals surface area contributed by atoms with E-state index < -0.39 is 0 Å². The Morgan fingerprint density at radius 3 is 2.62 bits per heavy atom. The van der Waals surface area contributed by atoms with Gasteiger partial charge in [-0.25, -0.2) is 0 Å². The van der Waals surface area contributed by atoms with Crippen LogP contribution < -0.4 is 0 Å². The van der Waals surface area contributed by atoms with E-state index in [0.717, 1.165) is 32.5 Å². The van der Waals surface area contributed by atoms with Crippen molar-refractivity contribution in [3.8, 4) is 0 Å². The first kappa shape index (κ1) is 17.1. The molecule has 2 aromatic carbocycles. The van der Waals surface area contributed by atoms with E-state index in [4.69, 9.17) is 0 Å². The summed E-state index contributed by atoms with van der Waals surface area (Å²) in [6.45, 7) is 5.50. The van der Waals surface area contributed by atoms with Gasteiger partial charge in [0, 0.05) is 42.7 Å². The van der Waals surface area contributed by atoms with Crippen molar-refractivity contribution < 1.29 is 0 Å². The fraction of sp³-hybridized carbons (Fsp3) is 0.333. The predicted octanol–water partition coefficient (Wildman–Crippen LogP) is 4.60. The van der Waals surface area contributed by atoms with E-state index >= 15 is 0 Å². The van der Waals surface area contributed by atoms with Gasteiger partial charge in [0.05, 0.1) is 0 Å². The smallest absolute Gasteiger partial charge is 0.0486 e. The third kappa shape index (κ3) is 3.09. The standard InChI is InChI=1S/C21H24N2.ClH/c1-16-8-9-20-18(14-16)19-15-22(2)12-11-21(19)23(20)13-10-17-6-4-3-5-7-17;/h3-9,14H,10-13,15H2,1-2H3;1H. The molecule has 24 heavy (non-hydrogen) atoms. The lowest BCUT2D eigenvalue weighted by Crippen LogP contribution is -2.27. The van der Waals surface area contributed by atoms with Crippen LogP contribution in [-0.2, 0) is 25.9 Å². The van der Waals surface area contributed by atoms with Crippen molar-refractivity contribution in [1.82, 2.24) is 9.47 Å². The summed E-state index contributed by atoms with van der Waals surface area (Å²) in [6.07, 6.45) is 2.26. The van der Waals surface area contributed by atoms with Crippen LogP contribution in [0.2, 0.25) is 0 Å². The zero-order chi connectivity index (χ0) is 15.8. The van der Waals surface area contributed by atoms with E-state index in [9.17, 15) is 0 Å². The Hall–Kier alpha value is -1.77. The number of hydrogen-bond acceptors (Lipinski definition) is 1. The number of nitrogens with zero attached hydrogens (tertiary/aromatic N) is 2. The summed E-state index contributed by atoms with van der Waals surface area (Å²) in [7, 11) is 2.23. The molecule has 3 heteroatoms. The highest BCUT2D eigenvalue weighted by Gasteiger charge is 2.22. The fourth-order valence-corrected chi connectivity index (χ4v) is 3.84. The molecule has 0 N–H and O–H groups in total. The average molecular weight is 341 g/mol. The molecule has 1 aliphatic rings. The van der Waals surface area contributed by atoms with Crippen molar-refractivity contribution in [2.75, 3.05) is 13.6 Å². The Balaban J connectivity index is 0.00000169. The Labute approximate surface area is 150 Å². The summed E-state index contributed by atoms with van der Waals surface area (Å²) in [4.78, 5) is 2.44. The third-order valence-electron chi connectivity index (χ3n) is 5.07. The van der Waals surface area contributed by atoms with Crippen molar-refractivity contribution in [2.24, 2.45) is 0 Å². The largest absolute Gasteiger partial charge is 0.344 e. The van der Waals surface area contributed by atoms with Crippen LogP contribution in [0.4, 0.5) is 0 Å². The predicted molar refractivity (Wildman–Crippen MR) is 104 cm³/mol. The molecule has 0 bridgehead atoms. The maximum absolute atomic E-state index is 2.57. The minimum Gasteiger partial charge on any atom is -0.344 e. The Bertz CT molecular complexity index is 836. The van der Waals surface area contributed by atoms with Crippen molar-refractivity contribution in [3.05, 3.63) is 70.9 Å². The molecule has 0 saturated carbocycles. The normalized spacial score (nSPS) is 14.4. The van der Waals surface area contributed by atoms with Crippen molar-refractivity contribution in [2.45, 2.75) is 32.9 Å². The molecule has 4 rings (SSSR count). The van der Waals surface area contributed by atoms with Gasteiger partial charge in [0.2, 0.25) is 0 Å². The van der Waals surface area contributed by atoms with Crippen molar-refractivity contribution in [3.63, 3.8) is 0 Å². The van der Waals surface area contributed by atoms with Gasteiger partial charge in [-0.3, -0.25) is 0 Å². The first-order chi connectivity index (χ1) is 11.2. The molecule has 2 heterocycles. The summed E-state index contributed by atoms with van der Waals surface area (Å²) in [5.74, 6) is 0. The lowest BCUT2D eigenvalue weighted by Gasteiger charge is -2.24. The van der Waals surface area contributed by atoms with Crippen LogP contribution in [0.5, 0.6) is 0 Å². The Morgan fingerprint density at radius 1 is 1.04 bits per heavy atom.